The van der Waals surface area contributed by atoms with Crippen LogP contribution in [0.1, 0.15) is 12.0 Å². The van der Waals surface area contributed by atoms with Gasteiger partial charge in [0.15, 0.2) is 0 Å². The normalized spacial score (nSPS) is 10.9. The summed E-state index contributed by atoms with van der Waals surface area (Å²) in [6.07, 6.45) is 0.664. The maximum atomic E-state index is 10.8. The van der Waals surface area contributed by atoms with Crippen LogP contribution in [0.2, 0.25) is 0 Å². The van der Waals surface area contributed by atoms with Crippen molar-refractivity contribution in [2.24, 2.45) is 0 Å². The summed E-state index contributed by atoms with van der Waals surface area (Å²) in [4.78, 5) is 15.4. The number of aryl methyl sites for hydroxylation is 1. The molecule has 3 aromatic rings. The van der Waals surface area contributed by atoms with Gasteiger partial charge in [0.1, 0.15) is 0 Å². The molecule has 0 radical (unpaired) electrons. The Labute approximate surface area is 110 Å². The van der Waals surface area contributed by atoms with Crippen molar-refractivity contribution in [3.63, 3.8) is 0 Å². The van der Waals surface area contributed by atoms with Gasteiger partial charge in [-0.1, -0.05) is 36.4 Å². The number of pyridine rings is 1. The van der Waals surface area contributed by atoms with Crippen molar-refractivity contribution >= 4 is 27.8 Å². The lowest BCUT2D eigenvalue weighted by Crippen LogP contribution is -1.99. The number of aromatic nitrogens is 1. The number of aliphatic carboxylic acids is 1. The first kappa shape index (κ1) is 11.7. The smallest absolute Gasteiger partial charge is 0.303 e. The van der Waals surface area contributed by atoms with Crippen LogP contribution in [-0.2, 0) is 11.2 Å². The van der Waals surface area contributed by atoms with E-state index < -0.39 is 5.97 Å². The minimum Gasteiger partial charge on any atom is -0.481 e. The Hall–Kier alpha value is -2.42. The second kappa shape index (κ2) is 4.69. The van der Waals surface area contributed by atoms with Gasteiger partial charge in [0, 0.05) is 17.2 Å². The summed E-state index contributed by atoms with van der Waals surface area (Å²) in [5, 5.41) is 11.0. The van der Waals surface area contributed by atoms with Crippen LogP contribution in [0.15, 0.2) is 48.5 Å². The van der Waals surface area contributed by atoms with E-state index >= 15 is 0 Å². The van der Waals surface area contributed by atoms with E-state index in [9.17, 15) is 4.79 Å². The average molecular weight is 251 g/mol. The maximum Gasteiger partial charge on any atom is 0.303 e. The summed E-state index contributed by atoms with van der Waals surface area (Å²) >= 11 is 0. The van der Waals surface area contributed by atoms with E-state index in [0.717, 1.165) is 27.4 Å². The van der Waals surface area contributed by atoms with Gasteiger partial charge < -0.3 is 5.11 Å². The Morgan fingerprint density at radius 2 is 1.47 bits per heavy atom. The van der Waals surface area contributed by atoms with Gasteiger partial charge in [0.25, 0.3) is 0 Å². The van der Waals surface area contributed by atoms with Gasteiger partial charge in [-0.15, -0.1) is 0 Å². The zero-order valence-electron chi connectivity index (χ0n) is 10.3. The number of para-hydroxylation sites is 2. The van der Waals surface area contributed by atoms with Gasteiger partial charge in [0.2, 0.25) is 0 Å². The van der Waals surface area contributed by atoms with Crippen LogP contribution in [0, 0.1) is 0 Å². The number of hydrogen-bond donors (Lipinski definition) is 1. The van der Waals surface area contributed by atoms with Crippen molar-refractivity contribution in [3.8, 4) is 0 Å². The van der Waals surface area contributed by atoms with E-state index in [-0.39, 0.29) is 6.42 Å². The molecule has 0 bridgehead atoms. The zero-order valence-corrected chi connectivity index (χ0v) is 10.3. The predicted molar refractivity (Wildman–Crippen MR) is 75.2 cm³/mol. The molecule has 0 fully saturated rings. The highest BCUT2D eigenvalue weighted by molar-refractivity contribution is 5.97. The summed E-state index contributed by atoms with van der Waals surface area (Å²) in [5.41, 5.74) is 2.91. The largest absolute Gasteiger partial charge is 0.481 e. The molecule has 0 spiro atoms. The van der Waals surface area contributed by atoms with E-state index in [1.807, 2.05) is 48.5 Å². The van der Waals surface area contributed by atoms with Crippen molar-refractivity contribution in [3.05, 3.63) is 54.1 Å². The van der Waals surface area contributed by atoms with E-state index in [1.54, 1.807) is 0 Å². The number of carboxylic acid groups (broad SMARTS) is 1. The molecule has 0 aliphatic rings. The first-order valence-corrected chi connectivity index (χ1v) is 6.24. The van der Waals surface area contributed by atoms with Crippen LogP contribution in [0.25, 0.3) is 21.8 Å². The monoisotopic (exact) mass is 251 g/mol. The molecule has 3 nitrogen and oxygen atoms in total. The molecule has 1 aromatic heterocycles. The fourth-order valence-corrected chi connectivity index (χ4v) is 2.43. The number of hydrogen-bond acceptors (Lipinski definition) is 2. The second-order valence-electron chi connectivity index (χ2n) is 4.52. The second-order valence-corrected chi connectivity index (χ2v) is 4.52. The van der Waals surface area contributed by atoms with Crippen LogP contribution < -0.4 is 0 Å². The van der Waals surface area contributed by atoms with E-state index in [4.69, 9.17) is 5.11 Å². The van der Waals surface area contributed by atoms with E-state index in [2.05, 4.69) is 4.98 Å². The molecule has 0 saturated carbocycles. The van der Waals surface area contributed by atoms with Crippen molar-refractivity contribution in [2.75, 3.05) is 0 Å². The summed E-state index contributed by atoms with van der Waals surface area (Å²) in [6, 6.07) is 15.8. The first-order chi connectivity index (χ1) is 9.25. The lowest BCUT2D eigenvalue weighted by atomic mass is 9.99. The summed E-state index contributed by atoms with van der Waals surface area (Å²) < 4.78 is 0. The molecule has 19 heavy (non-hydrogen) atoms. The number of benzene rings is 2. The van der Waals surface area contributed by atoms with Gasteiger partial charge in [-0.2, -0.15) is 0 Å². The molecular formula is C16H13NO2. The number of carboxylic acids is 1. The lowest BCUT2D eigenvalue weighted by molar-refractivity contribution is -0.136. The number of nitrogens with zero attached hydrogens (tertiary/aromatic N) is 1. The van der Waals surface area contributed by atoms with Gasteiger partial charge in [0.05, 0.1) is 11.0 Å². The Morgan fingerprint density at radius 3 is 2.00 bits per heavy atom. The van der Waals surface area contributed by atoms with Gasteiger partial charge in [-0.05, 0) is 24.1 Å². The van der Waals surface area contributed by atoms with Crippen LogP contribution in [0.3, 0.4) is 0 Å². The quantitative estimate of drug-likeness (QED) is 0.726. The highest BCUT2D eigenvalue weighted by Gasteiger charge is 2.09. The summed E-state index contributed by atoms with van der Waals surface area (Å²) in [6.45, 7) is 0. The molecule has 0 unspecified atom stereocenters. The third-order valence-corrected chi connectivity index (χ3v) is 3.29. The Balaban J connectivity index is 2.29. The fraction of sp³-hybridized carbons (Fsp3) is 0.125. The van der Waals surface area contributed by atoms with Crippen molar-refractivity contribution < 1.29 is 9.90 Å². The SMILES string of the molecule is O=C(O)CCc1c2ccccc2nc2ccccc12. The van der Waals surface area contributed by atoms with Crippen molar-refractivity contribution in [2.45, 2.75) is 12.8 Å². The van der Waals surface area contributed by atoms with E-state index in [1.165, 1.54) is 0 Å². The Bertz CT molecular complexity index is 711. The van der Waals surface area contributed by atoms with Crippen LogP contribution >= 0.6 is 0 Å². The molecule has 1 heterocycles. The molecule has 3 heteroatoms. The van der Waals surface area contributed by atoms with Crippen LogP contribution in [-0.4, -0.2) is 16.1 Å². The fourth-order valence-electron chi connectivity index (χ4n) is 2.43. The average Bonchev–Trinajstić information content (AvgIpc) is 2.43. The number of fused-ring (bicyclic) bond motifs is 2. The maximum absolute atomic E-state index is 10.8. The Morgan fingerprint density at radius 1 is 0.947 bits per heavy atom. The summed E-state index contributed by atoms with van der Waals surface area (Å²) in [7, 11) is 0. The van der Waals surface area contributed by atoms with Crippen LogP contribution in [0.5, 0.6) is 0 Å². The third-order valence-electron chi connectivity index (χ3n) is 3.29. The molecule has 2 aromatic carbocycles. The topological polar surface area (TPSA) is 50.2 Å². The molecule has 0 amide bonds. The van der Waals surface area contributed by atoms with E-state index in [0.29, 0.717) is 6.42 Å². The lowest BCUT2D eigenvalue weighted by Gasteiger charge is -2.09. The first-order valence-electron chi connectivity index (χ1n) is 6.24. The standard InChI is InChI=1S/C16H13NO2/c18-16(19)10-9-11-12-5-1-3-7-14(12)17-15-8-4-2-6-13(11)15/h1-8H,9-10H2,(H,18,19). The van der Waals surface area contributed by atoms with Gasteiger partial charge in [-0.3, -0.25) is 4.79 Å². The molecule has 3 rings (SSSR count). The van der Waals surface area contributed by atoms with Crippen LogP contribution in [0.4, 0.5) is 0 Å². The highest BCUT2D eigenvalue weighted by Crippen LogP contribution is 2.26. The molecule has 0 aliphatic carbocycles. The molecule has 0 aliphatic heterocycles. The minimum atomic E-state index is -0.773. The summed E-state index contributed by atoms with van der Waals surface area (Å²) in [5.74, 6) is -0.773. The van der Waals surface area contributed by atoms with Gasteiger partial charge >= 0.3 is 5.97 Å². The number of carbonyl (C=O) groups is 1. The molecule has 1 N–H and O–H groups in total. The van der Waals surface area contributed by atoms with Gasteiger partial charge in [-0.25, -0.2) is 4.98 Å². The molecule has 94 valence electrons. The predicted octanol–water partition coefficient (Wildman–Crippen LogP) is 3.41. The van der Waals surface area contributed by atoms with Crippen molar-refractivity contribution in [1.82, 2.24) is 4.98 Å². The number of rotatable bonds is 3. The zero-order chi connectivity index (χ0) is 13.2. The third kappa shape index (κ3) is 2.15. The van der Waals surface area contributed by atoms with Crippen molar-refractivity contribution in [1.29, 1.82) is 0 Å². The Kier molecular flexibility index (Phi) is 2.88. The minimum absolute atomic E-state index is 0.137. The molecule has 0 saturated heterocycles. The molecule has 0 atom stereocenters. The highest BCUT2D eigenvalue weighted by atomic mass is 16.4. The molecular weight excluding hydrogens is 238 g/mol.